The van der Waals surface area contributed by atoms with Gasteiger partial charge < -0.3 is 18.9 Å². The van der Waals surface area contributed by atoms with Crippen LogP contribution in [-0.2, 0) is 32.7 Å². The van der Waals surface area contributed by atoms with Crippen LogP contribution in [0.2, 0.25) is 0 Å². The number of esters is 2. The second-order valence-corrected chi connectivity index (χ2v) is 27.1. The first-order valence-corrected chi connectivity index (χ1v) is 37.4. The summed E-state index contributed by atoms with van der Waals surface area (Å²) in [6.07, 6.45) is 83.9. The molecule has 0 bridgehead atoms. The van der Waals surface area contributed by atoms with Crippen molar-refractivity contribution in [3.05, 3.63) is 48.6 Å². The molecule has 10 heteroatoms. The Hall–Kier alpha value is -2.03. The second kappa shape index (κ2) is 64.4. The molecular weight excluding hydrogens is 1050 g/mol. The third kappa shape index (κ3) is 68.9. The summed E-state index contributed by atoms with van der Waals surface area (Å²) in [6.45, 7) is 4.45. The van der Waals surface area contributed by atoms with Crippen molar-refractivity contribution in [1.82, 2.24) is 0 Å². The zero-order chi connectivity index (χ0) is 60.5. The highest BCUT2D eigenvalue weighted by Crippen LogP contribution is 2.43. The molecule has 0 aromatic heterocycles. The van der Waals surface area contributed by atoms with Crippen LogP contribution in [-0.4, -0.2) is 74.9 Å². The molecule has 0 aliphatic heterocycles. The van der Waals surface area contributed by atoms with E-state index in [1.165, 1.54) is 263 Å². The topological polar surface area (TPSA) is 108 Å². The van der Waals surface area contributed by atoms with E-state index in [1.807, 2.05) is 21.1 Å². The monoisotopic (exact) mass is 1190 g/mol. The van der Waals surface area contributed by atoms with Crippen LogP contribution in [0.25, 0.3) is 0 Å². The highest BCUT2D eigenvalue weighted by molar-refractivity contribution is 7.47. The summed E-state index contributed by atoms with van der Waals surface area (Å²) in [7, 11) is 1.49. The molecule has 0 aliphatic carbocycles. The summed E-state index contributed by atoms with van der Waals surface area (Å²) in [6, 6.07) is 0. The summed E-state index contributed by atoms with van der Waals surface area (Å²) >= 11 is 0. The Morgan fingerprint density at radius 1 is 0.373 bits per heavy atom. The van der Waals surface area contributed by atoms with Crippen molar-refractivity contribution in [3.8, 4) is 0 Å². The third-order valence-electron chi connectivity index (χ3n) is 16.1. The maximum absolute atomic E-state index is 12.9. The van der Waals surface area contributed by atoms with Crippen LogP contribution in [0.5, 0.6) is 0 Å². The van der Waals surface area contributed by atoms with Crippen LogP contribution in [0.4, 0.5) is 0 Å². The van der Waals surface area contributed by atoms with E-state index in [0.717, 1.165) is 57.8 Å². The molecule has 0 aliphatic rings. The number of hydrogen-bond donors (Lipinski definition) is 1. The van der Waals surface area contributed by atoms with Gasteiger partial charge in [0, 0.05) is 12.8 Å². The van der Waals surface area contributed by atoms with Gasteiger partial charge in [-0.05, 0) is 77.0 Å². The molecule has 9 nitrogen and oxygen atoms in total. The van der Waals surface area contributed by atoms with Gasteiger partial charge in [0.2, 0.25) is 0 Å². The fourth-order valence-electron chi connectivity index (χ4n) is 10.6. The van der Waals surface area contributed by atoms with Crippen LogP contribution in [0.15, 0.2) is 48.6 Å². The number of hydrogen-bond acceptors (Lipinski definition) is 7. The van der Waals surface area contributed by atoms with Gasteiger partial charge in [-0.1, -0.05) is 313 Å². The maximum Gasteiger partial charge on any atom is 0.472 e. The van der Waals surface area contributed by atoms with Crippen molar-refractivity contribution in [3.63, 3.8) is 0 Å². The molecule has 0 heterocycles. The molecule has 1 N–H and O–H groups in total. The molecule has 2 unspecified atom stereocenters. The van der Waals surface area contributed by atoms with Gasteiger partial charge in [0.15, 0.2) is 6.10 Å². The van der Waals surface area contributed by atoms with E-state index in [2.05, 4.69) is 62.5 Å². The van der Waals surface area contributed by atoms with E-state index < -0.39 is 26.5 Å². The average Bonchev–Trinajstić information content (AvgIpc) is 3.49. The largest absolute Gasteiger partial charge is 0.472 e. The molecule has 83 heavy (non-hydrogen) atoms. The van der Waals surface area contributed by atoms with E-state index in [0.29, 0.717) is 17.4 Å². The first-order chi connectivity index (χ1) is 40.5. The number of unbranched alkanes of at least 4 members (excludes halogenated alkanes) is 45. The minimum atomic E-state index is -4.39. The fraction of sp³-hybridized carbons (Fsp3) is 0.863. The summed E-state index contributed by atoms with van der Waals surface area (Å²) in [4.78, 5) is 35.8. The molecule has 0 amide bonds. The quantitative estimate of drug-likeness (QED) is 0.0211. The van der Waals surface area contributed by atoms with Crippen molar-refractivity contribution in [1.29, 1.82) is 0 Å². The van der Waals surface area contributed by atoms with Crippen molar-refractivity contribution in [2.75, 3.05) is 47.5 Å². The highest BCUT2D eigenvalue weighted by atomic mass is 31.2. The molecule has 0 aromatic rings. The molecule has 0 saturated carbocycles. The van der Waals surface area contributed by atoms with Crippen molar-refractivity contribution < 1.29 is 42.1 Å². The zero-order valence-electron chi connectivity index (χ0n) is 55.7. The lowest BCUT2D eigenvalue weighted by Gasteiger charge is -2.24. The number of nitrogens with zero attached hydrogens (tertiary/aromatic N) is 1. The second-order valence-electron chi connectivity index (χ2n) is 25.6. The number of quaternary nitrogens is 1. The van der Waals surface area contributed by atoms with E-state index in [1.54, 1.807) is 0 Å². The summed E-state index contributed by atoms with van der Waals surface area (Å²) in [5.41, 5.74) is 0. The number of carbonyl (C=O) groups is 2. The Balaban J connectivity index is 3.87. The van der Waals surface area contributed by atoms with Crippen LogP contribution in [0, 0.1) is 0 Å². The number of ether oxygens (including phenoxy) is 2. The lowest BCUT2D eigenvalue weighted by atomic mass is 10.0. The Morgan fingerprint density at radius 2 is 0.651 bits per heavy atom. The Bertz CT molecular complexity index is 1540. The van der Waals surface area contributed by atoms with Gasteiger partial charge in [-0.15, -0.1) is 0 Å². The van der Waals surface area contributed by atoms with Gasteiger partial charge in [0.25, 0.3) is 0 Å². The number of phosphoric ester groups is 1. The first-order valence-electron chi connectivity index (χ1n) is 35.9. The molecule has 0 radical (unpaired) electrons. The van der Waals surface area contributed by atoms with E-state index in [9.17, 15) is 19.0 Å². The number of allylic oxidation sites excluding steroid dienone is 8. The van der Waals surface area contributed by atoms with Gasteiger partial charge in [0.1, 0.15) is 19.8 Å². The molecular formula is C73H139NO8P+. The van der Waals surface area contributed by atoms with Crippen molar-refractivity contribution in [2.45, 2.75) is 360 Å². The predicted octanol–water partition coefficient (Wildman–Crippen LogP) is 23.2. The lowest BCUT2D eigenvalue weighted by Crippen LogP contribution is -2.37. The van der Waals surface area contributed by atoms with Crippen LogP contribution >= 0.6 is 7.82 Å². The summed E-state index contributed by atoms with van der Waals surface area (Å²) < 4.78 is 34.7. The Kier molecular flexibility index (Phi) is 62.9. The summed E-state index contributed by atoms with van der Waals surface area (Å²) in [5.74, 6) is -0.790. The fourth-order valence-corrected chi connectivity index (χ4v) is 11.3. The summed E-state index contributed by atoms with van der Waals surface area (Å²) in [5, 5.41) is 0. The minimum absolute atomic E-state index is 0.0319. The van der Waals surface area contributed by atoms with Gasteiger partial charge in [0.05, 0.1) is 27.7 Å². The lowest BCUT2D eigenvalue weighted by molar-refractivity contribution is -0.870. The molecule has 0 aromatic carbocycles. The normalized spacial score (nSPS) is 13.4. The molecule has 0 saturated heterocycles. The van der Waals surface area contributed by atoms with Crippen molar-refractivity contribution >= 4 is 19.8 Å². The van der Waals surface area contributed by atoms with E-state index in [-0.39, 0.29) is 32.0 Å². The number of likely N-dealkylation sites (N-methyl/N-ethyl adjacent to an activating group) is 1. The average molecular weight is 1190 g/mol. The number of phosphoric acid groups is 1. The molecule has 0 fully saturated rings. The molecule has 2 atom stereocenters. The SMILES string of the molecule is CCCCCC/C=C\C/C=C\CCCCCCCCCC(=O)OCC(COP(=O)(O)OCC[N+](C)(C)C)OC(=O)CCCCCCCCCCCCCCCCCCCCCCCCCCCCCCC/C=C\C/C=C\CCCCCCC. The van der Waals surface area contributed by atoms with Gasteiger partial charge >= 0.3 is 19.8 Å². The smallest absolute Gasteiger partial charge is 0.462 e. The van der Waals surface area contributed by atoms with Crippen LogP contribution < -0.4 is 0 Å². The molecule has 488 valence electrons. The molecule has 0 spiro atoms. The highest BCUT2D eigenvalue weighted by Gasteiger charge is 2.27. The van der Waals surface area contributed by atoms with Gasteiger partial charge in [-0.2, -0.15) is 0 Å². The number of rotatable bonds is 67. The third-order valence-corrected chi connectivity index (χ3v) is 17.1. The molecule has 0 rings (SSSR count). The predicted molar refractivity (Wildman–Crippen MR) is 358 cm³/mol. The first kappa shape index (κ1) is 81.0. The van der Waals surface area contributed by atoms with Crippen LogP contribution in [0.1, 0.15) is 354 Å². The van der Waals surface area contributed by atoms with Crippen LogP contribution in [0.3, 0.4) is 0 Å². The zero-order valence-corrected chi connectivity index (χ0v) is 56.6. The van der Waals surface area contributed by atoms with E-state index >= 15 is 0 Å². The van der Waals surface area contributed by atoms with Crippen molar-refractivity contribution in [2.24, 2.45) is 0 Å². The van der Waals surface area contributed by atoms with E-state index in [4.69, 9.17) is 18.5 Å². The number of carbonyl (C=O) groups excluding carboxylic acids is 2. The maximum atomic E-state index is 12.9. The van der Waals surface area contributed by atoms with Gasteiger partial charge in [-0.25, -0.2) is 4.57 Å². The Labute approximate surface area is 515 Å². The van der Waals surface area contributed by atoms with Gasteiger partial charge in [-0.3, -0.25) is 18.6 Å². The Morgan fingerprint density at radius 3 is 0.964 bits per heavy atom. The standard InChI is InChI=1S/C73H138NO8P/c1-6-8-10-12-14-16-18-20-22-24-26-27-28-29-30-31-32-33-34-35-36-37-38-39-40-41-42-43-44-45-46-47-48-50-52-54-56-58-60-62-64-66-73(76)82-71(70-81-83(77,78)80-68-67-74(3,4)5)69-79-72(75)65-63-61-59-57-55-53-51-49-25-23-21-19-17-15-13-11-9-7-2/h17-20,23-26,71H,6-16,21-22,27-70H2,1-5H3/p+1/b19-17-,20-18-,25-23-,26-24-. The minimum Gasteiger partial charge on any atom is -0.462 e.